The minimum Gasteiger partial charge on any atom is -0.321 e. The molecule has 9 heteroatoms. The van der Waals surface area contributed by atoms with Gasteiger partial charge in [0.25, 0.3) is 12.1 Å². The highest BCUT2D eigenvalue weighted by Crippen LogP contribution is 2.56. The van der Waals surface area contributed by atoms with E-state index < -0.39 is 6.57 Å². The Bertz CT molecular complexity index is 745. The summed E-state index contributed by atoms with van der Waals surface area (Å²) in [6.45, 7) is 6.02. The van der Waals surface area contributed by atoms with Crippen molar-refractivity contribution < 1.29 is 9.09 Å². The van der Waals surface area contributed by atoms with E-state index in [-0.39, 0.29) is 11.2 Å². The molecule has 1 aromatic rings. The van der Waals surface area contributed by atoms with Gasteiger partial charge in [-0.15, -0.1) is 0 Å². The Morgan fingerprint density at radius 2 is 1.88 bits per heavy atom. The Balaban J connectivity index is 2.44. The van der Waals surface area contributed by atoms with Crippen LogP contribution in [0, 0.1) is 12.8 Å². The highest BCUT2D eigenvalue weighted by molar-refractivity contribution is 9.10. The minimum atomic E-state index is -2.57. The summed E-state index contributed by atoms with van der Waals surface area (Å²) < 4.78 is 20.9. The van der Waals surface area contributed by atoms with Crippen molar-refractivity contribution in [1.29, 1.82) is 0 Å². The fraction of sp³-hybridized carbons (Fsp3) is 0.750. The molecule has 6 nitrogen and oxygen atoms in total. The van der Waals surface area contributed by atoms with Crippen LogP contribution in [0.4, 0.5) is 0 Å². The molecule has 0 saturated heterocycles. The molecule has 1 rings (SSSR count). The van der Waals surface area contributed by atoms with Gasteiger partial charge in [0.05, 0.1) is 6.61 Å². The smallest absolute Gasteiger partial charge is 0.321 e. The molecule has 0 aliphatic carbocycles. The van der Waals surface area contributed by atoms with Crippen molar-refractivity contribution in [2.75, 3.05) is 19.0 Å². The quantitative estimate of drug-likeness (QED) is 0.394. The summed E-state index contributed by atoms with van der Waals surface area (Å²) in [5, 5.41) is 0. The van der Waals surface area contributed by atoms with Gasteiger partial charge in [0, 0.05) is 31.7 Å². The van der Waals surface area contributed by atoms with E-state index in [1.54, 1.807) is 18.2 Å². The first-order valence-corrected chi connectivity index (χ1v) is 12.8. The molecule has 1 heterocycles. The van der Waals surface area contributed by atoms with E-state index in [0.717, 1.165) is 29.6 Å². The number of unbranched alkanes of at least 4 members (excludes halogenated alkanes) is 2. The molecule has 25 heavy (non-hydrogen) atoms. The fourth-order valence-corrected chi connectivity index (χ4v) is 5.77. The molecule has 0 saturated carbocycles. The second-order valence-corrected chi connectivity index (χ2v) is 12.6. The van der Waals surface area contributed by atoms with Crippen LogP contribution in [0.1, 0.15) is 38.8 Å². The van der Waals surface area contributed by atoms with Crippen molar-refractivity contribution in [3.63, 3.8) is 0 Å². The standard InChI is InChI=1S/C16H28BrN2O4PS/c1-12(2)11-23-24(5,22)25-10-8-6-7-9-19-13(3)14(17)15(20)18(4)16(19)21/h12H,6-11H2,1-5H3. The highest BCUT2D eigenvalue weighted by Gasteiger charge is 2.17. The zero-order valence-corrected chi connectivity index (χ0v) is 18.9. The summed E-state index contributed by atoms with van der Waals surface area (Å²) >= 11 is 4.65. The first-order chi connectivity index (χ1) is 11.6. The summed E-state index contributed by atoms with van der Waals surface area (Å²) in [5.41, 5.74) is 0.0538. The zero-order chi connectivity index (χ0) is 19.2. The lowest BCUT2D eigenvalue weighted by Gasteiger charge is -2.15. The van der Waals surface area contributed by atoms with Gasteiger partial charge in [0.1, 0.15) is 4.47 Å². The van der Waals surface area contributed by atoms with Crippen molar-refractivity contribution in [3.8, 4) is 0 Å². The normalized spacial score (nSPS) is 14.0. The predicted octanol–water partition coefficient (Wildman–Crippen LogP) is 4.02. The van der Waals surface area contributed by atoms with Crippen molar-refractivity contribution in [2.24, 2.45) is 13.0 Å². The van der Waals surface area contributed by atoms with Gasteiger partial charge >= 0.3 is 5.69 Å². The Kier molecular flexibility index (Phi) is 9.23. The van der Waals surface area contributed by atoms with E-state index in [2.05, 4.69) is 15.9 Å². The number of hydrogen-bond acceptors (Lipinski definition) is 5. The van der Waals surface area contributed by atoms with E-state index >= 15 is 0 Å². The summed E-state index contributed by atoms with van der Waals surface area (Å²) in [7, 11) is 1.48. The second-order valence-electron chi connectivity index (χ2n) is 6.55. The van der Waals surface area contributed by atoms with Crippen LogP contribution in [0.15, 0.2) is 14.1 Å². The number of aromatic nitrogens is 2. The van der Waals surface area contributed by atoms with E-state index in [0.29, 0.717) is 29.2 Å². The van der Waals surface area contributed by atoms with E-state index in [9.17, 15) is 14.2 Å². The van der Waals surface area contributed by atoms with Crippen LogP contribution in [-0.2, 0) is 22.7 Å². The lowest BCUT2D eigenvalue weighted by molar-refractivity contribution is 0.282. The van der Waals surface area contributed by atoms with Gasteiger partial charge in [0.15, 0.2) is 0 Å². The first kappa shape index (κ1) is 22.7. The maximum absolute atomic E-state index is 12.2. The Morgan fingerprint density at radius 3 is 2.48 bits per heavy atom. The van der Waals surface area contributed by atoms with Gasteiger partial charge < -0.3 is 4.52 Å². The molecule has 1 atom stereocenters. The topological polar surface area (TPSA) is 70.3 Å². The molecule has 0 aromatic carbocycles. The molecule has 0 aliphatic rings. The van der Waals surface area contributed by atoms with E-state index in [1.807, 2.05) is 13.8 Å². The van der Waals surface area contributed by atoms with E-state index in [1.165, 1.54) is 18.4 Å². The van der Waals surface area contributed by atoms with Gasteiger partial charge in [-0.2, -0.15) is 0 Å². The van der Waals surface area contributed by atoms with Crippen LogP contribution in [0.3, 0.4) is 0 Å². The van der Waals surface area contributed by atoms with Crippen molar-refractivity contribution >= 4 is 33.9 Å². The molecule has 1 unspecified atom stereocenters. The number of halogens is 1. The lowest BCUT2D eigenvalue weighted by atomic mass is 10.2. The van der Waals surface area contributed by atoms with Gasteiger partial charge in [-0.05, 0) is 41.6 Å². The molecule has 0 fully saturated rings. The van der Waals surface area contributed by atoms with Gasteiger partial charge in [-0.1, -0.05) is 31.7 Å². The van der Waals surface area contributed by atoms with Crippen LogP contribution < -0.4 is 11.2 Å². The summed E-state index contributed by atoms with van der Waals surface area (Å²) in [6.07, 6.45) is 2.66. The molecule has 1 aromatic heterocycles. The SMILES string of the molecule is Cc1c(Br)c(=O)n(C)c(=O)n1CCCCCSP(C)(=O)OCC(C)C. The van der Waals surface area contributed by atoms with Gasteiger partial charge in [-0.3, -0.25) is 18.5 Å². The summed E-state index contributed by atoms with van der Waals surface area (Å²) in [5.74, 6) is 1.15. The average molecular weight is 455 g/mol. The molecule has 0 N–H and O–H groups in total. The van der Waals surface area contributed by atoms with Crippen LogP contribution in [0.25, 0.3) is 0 Å². The lowest BCUT2D eigenvalue weighted by Crippen LogP contribution is -2.39. The third kappa shape index (κ3) is 7.08. The predicted molar refractivity (Wildman–Crippen MR) is 109 cm³/mol. The maximum Gasteiger partial charge on any atom is 0.330 e. The van der Waals surface area contributed by atoms with Crippen LogP contribution >= 0.6 is 33.9 Å². The van der Waals surface area contributed by atoms with Crippen molar-refractivity contribution in [2.45, 2.75) is 46.6 Å². The van der Waals surface area contributed by atoms with Gasteiger partial charge in [-0.25, -0.2) is 4.79 Å². The Hall–Kier alpha value is -0.300. The molecule has 0 spiro atoms. The molecule has 0 amide bonds. The highest BCUT2D eigenvalue weighted by atomic mass is 79.9. The first-order valence-electron chi connectivity index (χ1n) is 8.39. The van der Waals surface area contributed by atoms with Gasteiger partial charge in [0.2, 0.25) is 0 Å². The second kappa shape index (κ2) is 10.1. The summed E-state index contributed by atoms with van der Waals surface area (Å²) in [4.78, 5) is 24.0. The molecular formula is C16H28BrN2O4PS. The van der Waals surface area contributed by atoms with Crippen LogP contribution in [-0.4, -0.2) is 28.2 Å². The monoisotopic (exact) mass is 454 g/mol. The van der Waals surface area contributed by atoms with Crippen molar-refractivity contribution in [1.82, 2.24) is 9.13 Å². The van der Waals surface area contributed by atoms with Crippen LogP contribution in [0.2, 0.25) is 0 Å². The molecular weight excluding hydrogens is 427 g/mol. The third-order valence-electron chi connectivity index (χ3n) is 3.73. The minimum absolute atomic E-state index is 0.291. The van der Waals surface area contributed by atoms with Crippen molar-refractivity contribution in [3.05, 3.63) is 31.0 Å². The molecule has 144 valence electrons. The molecule has 0 bridgehead atoms. The summed E-state index contributed by atoms with van der Waals surface area (Å²) in [6, 6.07) is 0. The third-order valence-corrected chi connectivity index (χ3v) is 8.47. The zero-order valence-electron chi connectivity index (χ0n) is 15.6. The number of rotatable bonds is 10. The Morgan fingerprint density at radius 1 is 1.24 bits per heavy atom. The largest absolute Gasteiger partial charge is 0.330 e. The number of nitrogens with zero attached hydrogens (tertiary/aromatic N) is 2. The molecule has 0 aliphatic heterocycles. The molecule has 0 radical (unpaired) electrons. The van der Waals surface area contributed by atoms with Crippen LogP contribution in [0.5, 0.6) is 0 Å². The Labute approximate surface area is 161 Å². The number of hydrogen-bond donors (Lipinski definition) is 0. The fourth-order valence-electron chi connectivity index (χ4n) is 2.20. The maximum atomic E-state index is 12.2. The van der Waals surface area contributed by atoms with E-state index in [4.69, 9.17) is 4.52 Å². The average Bonchev–Trinajstić information content (AvgIpc) is 2.55.